The van der Waals surface area contributed by atoms with E-state index < -0.39 is 27.7 Å². The van der Waals surface area contributed by atoms with Crippen molar-refractivity contribution in [3.63, 3.8) is 0 Å². The molecule has 5 nitrogen and oxygen atoms in total. The maximum Gasteiger partial charge on any atom is 0.224 e. The molecule has 0 spiro atoms. The SMILES string of the molecule is CC(C(N)=O)c1ccc(CNS(C)(=O)=O)c(F)c1. The van der Waals surface area contributed by atoms with Crippen LogP contribution in [0.5, 0.6) is 0 Å². The van der Waals surface area contributed by atoms with E-state index in [0.29, 0.717) is 5.56 Å². The molecule has 1 atom stereocenters. The van der Waals surface area contributed by atoms with Gasteiger partial charge in [0.05, 0.1) is 12.2 Å². The van der Waals surface area contributed by atoms with Crippen LogP contribution in [0.3, 0.4) is 0 Å². The van der Waals surface area contributed by atoms with Gasteiger partial charge in [0, 0.05) is 12.1 Å². The van der Waals surface area contributed by atoms with Gasteiger partial charge >= 0.3 is 0 Å². The molecule has 0 aliphatic rings. The van der Waals surface area contributed by atoms with Gasteiger partial charge in [0.2, 0.25) is 15.9 Å². The molecule has 0 aromatic heterocycles. The Balaban J connectivity index is 2.90. The maximum atomic E-state index is 13.7. The van der Waals surface area contributed by atoms with Crippen molar-refractivity contribution < 1.29 is 17.6 Å². The third-order valence-corrected chi connectivity index (χ3v) is 3.20. The summed E-state index contributed by atoms with van der Waals surface area (Å²) >= 11 is 0. The lowest BCUT2D eigenvalue weighted by Crippen LogP contribution is -2.22. The number of rotatable bonds is 5. The Labute approximate surface area is 105 Å². The second-order valence-corrected chi connectivity index (χ2v) is 5.90. The Morgan fingerprint density at radius 3 is 2.56 bits per heavy atom. The summed E-state index contributed by atoms with van der Waals surface area (Å²) in [5.74, 6) is -1.70. The number of halogens is 1. The third kappa shape index (κ3) is 4.08. The zero-order valence-electron chi connectivity index (χ0n) is 10.1. The van der Waals surface area contributed by atoms with Gasteiger partial charge in [-0.2, -0.15) is 0 Å². The smallest absolute Gasteiger partial charge is 0.224 e. The summed E-state index contributed by atoms with van der Waals surface area (Å²) in [5, 5.41) is 0. The van der Waals surface area contributed by atoms with Crippen LogP contribution in [0.15, 0.2) is 18.2 Å². The fourth-order valence-electron chi connectivity index (χ4n) is 1.35. The Morgan fingerprint density at radius 2 is 2.11 bits per heavy atom. The molecule has 1 unspecified atom stereocenters. The van der Waals surface area contributed by atoms with Crippen molar-refractivity contribution in [1.29, 1.82) is 0 Å². The molecule has 0 saturated heterocycles. The van der Waals surface area contributed by atoms with Crippen LogP contribution in [-0.4, -0.2) is 20.6 Å². The Bertz CT molecular complexity index is 557. The second-order valence-electron chi connectivity index (χ2n) is 4.07. The van der Waals surface area contributed by atoms with E-state index in [1.807, 2.05) is 0 Å². The number of amides is 1. The molecule has 0 fully saturated rings. The van der Waals surface area contributed by atoms with Crippen LogP contribution in [0.2, 0.25) is 0 Å². The Morgan fingerprint density at radius 1 is 1.50 bits per heavy atom. The van der Waals surface area contributed by atoms with Crippen molar-refractivity contribution >= 4 is 15.9 Å². The molecule has 0 heterocycles. The van der Waals surface area contributed by atoms with Gasteiger partial charge in [0.25, 0.3) is 0 Å². The van der Waals surface area contributed by atoms with Crippen LogP contribution < -0.4 is 10.5 Å². The summed E-state index contributed by atoms with van der Waals surface area (Å²) < 4.78 is 37.6. The van der Waals surface area contributed by atoms with Gasteiger partial charge in [-0.05, 0) is 18.6 Å². The topological polar surface area (TPSA) is 89.3 Å². The first kappa shape index (κ1) is 14.6. The summed E-state index contributed by atoms with van der Waals surface area (Å²) in [6, 6.07) is 4.18. The molecule has 1 amide bonds. The summed E-state index contributed by atoms with van der Waals surface area (Å²) in [5.41, 5.74) is 5.79. The van der Waals surface area contributed by atoms with Gasteiger partial charge in [-0.25, -0.2) is 17.5 Å². The van der Waals surface area contributed by atoms with Gasteiger partial charge in [0.15, 0.2) is 0 Å². The number of sulfonamides is 1. The fraction of sp³-hybridized carbons (Fsp3) is 0.364. The molecule has 0 bridgehead atoms. The minimum atomic E-state index is -3.37. The molecule has 0 aliphatic carbocycles. The van der Waals surface area contributed by atoms with E-state index in [0.717, 1.165) is 6.26 Å². The first-order valence-electron chi connectivity index (χ1n) is 5.23. The van der Waals surface area contributed by atoms with Crippen LogP contribution >= 0.6 is 0 Å². The number of carbonyl (C=O) groups excluding carboxylic acids is 1. The lowest BCUT2D eigenvalue weighted by atomic mass is 9.99. The van der Waals surface area contributed by atoms with Gasteiger partial charge in [0.1, 0.15) is 5.82 Å². The molecule has 0 radical (unpaired) electrons. The third-order valence-electron chi connectivity index (χ3n) is 2.53. The lowest BCUT2D eigenvalue weighted by Gasteiger charge is -2.10. The minimum absolute atomic E-state index is 0.129. The number of nitrogens with one attached hydrogen (secondary N) is 1. The van der Waals surface area contributed by atoms with Gasteiger partial charge < -0.3 is 5.73 Å². The monoisotopic (exact) mass is 274 g/mol. The number of hydrogen-bond donors (Lipinski definition) is 2. The predicted molar refractivity (Wildman–Crippen MR) is 65.7 cm³/mol. The summed E-state index contributed by atoms with van der Waals surface area (Å²) in [4.78, 5) is 11.0. The van der Waals surface area contributed by atoms with Crippen LogP contribution in [0, 0.1) is 5.82 Å². The zero-order valence-corrected chi connectivity index (χ0v) is 10.9. The van der Waals surface area contributed by atoms with E-state index in [4.69, 9.17) is 5.73 Å². The standard InChI is InChI=1S/C11H15FN2O3S/c1-7(11(13)15)8-3-4-9(10(12)5-8)6-14-18(2,16)17/h3-5,7,14H,6H2,1-2H3,(H2,13,15). The van der Waals surface area contributed by atoms with Crippen LogP contribution in [0.1, 0.15) is 24.0 Å². The van der Waals surface area contributed by atoms with E-state index in [2.05, 4.69) is 4.72 Å². The Hall–Kier alpha value is -1.47. The van der Waals surface area contributed by atoms with E-state index in [9.17, 15) is 17.6 Å². The molecule has 1 rings (SSSR count). The van der Waals surface area contributed by atoms with Crippen LogP contribution in [0.25, 0.3) is 0 Å². The number of benzene rings is 1. The lowest BCUT2D eigenvalue weighted by molar-refractivity contribution is -0.119. The second kappa shape index (κ2) is 5.45. The van der Waals surface area contributed by atoms with Crippen molar-refractivity contribution in [1.82, 2.24) is 4.72 Å². The highest BCUT2D eigenvalue weighted by molar-refractivity contribution is 7.88. The molecule has 0 aliphatic heterocycles. The summed E-state index contributed by atoms with van der Waals surface area (Å²) in [6.07, 6.45) is 0.994. The van der Waals surface area contributed by atoms with Crippen molar-refractivity contribution in [2.75, 3.05) is 6.26 Å². The average molecular weight is 274 g/mol. The number of carbonyl (C=O) groups is 1. The van der Waals surface area contributed by atoms with E-state index in [1.165, 1.54) is 12.1 Å². The van der Waals surface area contributed by atoms with Crippen molar-refractivity contribution in [2.24, 2.45) is 5.73 Å². The quantitative estimate of drug-likeness (QED) is 0.817. The van der Waals surface area contributed by atoms with Gasteiger partial charge in [-0.1, -0.05) is 12.1 Å². The molecule has 18 heavy (non-hydrogen) atoms. The molecule has 0 saturated carbocycles. The summed E-state index contributed by atoms with van der Waals surface area (Å²) in [6.45, 7) is 1.45. The minimum Gasteiger partial charge on any atom is -0.369 e. The van der Waals surface area contributed by atoms with E-state index in [-0.39, 0.29) is 12.1 Å². The molecule has 100 valence electrons. The molecule has 1 aromatic rings. The molecular weight excluding hydrogens is 259 g/mol. The van der Waals surface area contributed by atoms with E-state index in [1.54, 1.807) is 13.0 Å². The number of nitrogens with two attached hydrogens (primary N) is 1. The largest absolute Gasteiger partial charge is 0.369 e. The van der Waals surface area contributed by atoms with Crippen LogP contribution in [0.4, 0.5) is 4.39 Å². The normalized spacial score (nSPS) is 13.3. The first-order valence-corrected chi connectivity index (χ1v) is 7.12. The molecular formula is C11H15FN2O3S. The average Bonchev–Trinajstić information content (AvgIpc) is 2.25. The summed E-state index contributed by atoms with van der Waals surface area (Å²) in [7, 11) is -3.37. The van der Waals surface area contributed by atoms with Crippen molar-refractivity contribution in [3.8, 4) is 0 Å². The van der Waals surface area contributed by atoms with Gasteiger partial charge in [-0.3, -0.25) is 4.79 Å². The highest BCUT2D eigenvalue weighted by Crippen LogP contribution is 2.18. The van der Waals surface area contributed by atoms with Crippen molar-refractivity contribution in [3.05, 3.63) is 35.1 Å². The highest BCUT2D eigenvalue weighted by atomic mass is 32.2. The van der Waals surface area contributed by atoms with Crippen LogP contribution in [-0.2, 0) is 21.4 Å². The van der Waals surface area contributed by atoms with E-state index >= 15 is 0 Å². The maximum absolute atomic E-state index is 13.7. The Kier molecular flexibility index (Phi) is 4.42. The fourth-order valence-corrected chi connectivity index (χ4v) is 1.77. The van der Waals surface area contributed by atoms with Crippen molar-refractivity contribution in [2.45, 2.75) is 19.4 Å². The molecule has 3 N–H and O–H groups in total. The van der Waals surface area contributed by atoms with Gasteiger partial charge in [-0.15, -0.1) is 0 Å². The predicted octanol–water partition coefficient (Wildman–Crippen LogP) is 0.464. The number of hydrogen-bond acceptors (Lipinski definition) is 3. The molecule has 1 aromatic carbocycles. The highest BCUT2D eigenvalue weighted by Gasteiger charge is 2.14. The number of primary amides is 1. The molecule has 7 heteroatoms. The zero-order chi connectivity index (χ0) is 13.9. The first-order chi connectivity index (χ1) is 8.20.